The lowest BCUT2D eigenvalue weighted by Crippen LogP contribution is -2.35. The van der Waals surface area contributed by atoms with Gasteiger partial charge in [0.15, 0.2) is 0 Å². The molecule has 4 rings (SSSR count). The third-order valence-electron chi connectivity index (χ3n) is 5.91. The standard InChI is InChI=1S/C26H24F3NO2/c1-25(2,3)19-7-4-16(5-8-19)17-6-13-22-18(14-17)15-23(24(31)32)30(22)21-11-9-20(10-12-21)26(27,28)29/h4-14,23H,15H2,1-3H3,(H,31,32). The molecule has 3 aromatic carbocycles. The van der Waals surface area contributed by atoms with Gasteiger partial charge in [0.1, 0.15) is 6.04 Å². The zero-order valence-corrected chi connectivity index (χ0v) is 18.1. The van der Waals surface area contributed by atoms with Crippen LogP contribution in [0, 0.1) is 0 Å². The number of carbonyl (C=O) groups is 1. The molecule has 0 saturated heterocycles. The Morgan fingerprint density at radius 3 is 1.97 bits per heavy atom. The Labute approximate surface area is 185 Å². The van der Waals surface area contributed by atoms with Crippen molar-refractivity contribution in [3.8, 4) is 11.1 Å². The number of fused-ring (bicyclic) bond motifs is 1. The molecule has 0 saturated carbocycles. The van der Waals surface area contributed by atoms with Crippen LogP contribution in [0.3, 0.4) is 0 Å². The Kier molecular flexibility index (Phi) is 5.27. The molecule has 0 fully saturated rings. The van der Waals surface area contributed by atoms with Crippen LogP contribution in [-0.2, 0) is 22.8 Å². The molecule has 1 heterocycles. The zero-order valence-electron chi connectivity index (χ0n) is 18.1. The average molecular weight is 439 g/mol. The van der Waals surface area contributed by atoms with Crippen molar-refractivity contribution in [2.45, 2.75) is 44.8 Å². The number of carboxylic acids is 1. The Morgan fingerprint density at radius 1 is 0.875 bits per heavy atom. The van der Waals surface area contributed by atoms with E-state index in [1.165, 1.54) is 17.7 Å². The first-order valence-corrected chi connectivity index (χ1v) is 10.4. The van der Waals surface area contributed by atoms with Gasteiger partial charge in [-0.05, 0) is 64.1 Å². The topological polar surface area (TPSA) is 40.5 Å². The summed E-state index contributed by atoms with van der Waals surface area (Å²) >= 11 is 0. The second-order valence-corrected chi connectivity index (χ2v) is 9.14. The van der Waals surface area contributed by atoms with Gasteiger partial charge in [-0.3, -0.25) is 0 Å². The van der Waals surface area contributed by atoms with Crippen LogP contribution in [-0.4, -0.2) is 17.1 Å². The van der Waals surface area contributed by atoms with Gasteiger partial charge >= 0.3 is 12.1 Å². The number of hydrogen-bond acceptors (Lipinski definition) is 2. The summed E-state index contributed by atoms with van der Waals surface area (Å²) in [5.74, 6) is -1.02. The smallest absolute Gasteiger partial charge is 0.416 e. The molecule has 0 aliphatic carbocycles. The van der Waals surface area contributed by atoms with Gasteiger partial charge in [-0.25, -0.2) is 4.79 Å². The molecule has 0 radical (unpaired) electrons. The van der Waals surface area contributed by atoms with Gasteiger partial charge in [0.2, 0.25) is 0 Å². The highest BCUT2D eigenvalue weighted by Gasteiger charge is 2.36. The van der Waals surface area contributed by atoms with Crippen molar-refractivity contribution in [3.05, 3.63) is 83.4 Å². The van der Waals surface area contributed by atoms with Crippen molar-refractivity contribution in [3.63, 3.8) is 0 Å². The predicted molar refractivity (Wildman–Crippen MR) is 119 cm³/mol. The number of anilines is 2. The summed E-state index contributed by atoms with van der Waals surface area (Å²) in [7, 11) is 0. The van der Waals surface area contributed by atoms with Crippen molar-refractivity contribution in [2.24, 2.45) is 0 Å². The largest absolute Gasteiger partial charge is 0.480 e. The summed E-state index contributed by atoms with van der Waals surface area (Å²) in [5.41, 5.74) is 4.49. The molecule has 1 aliphatic heterocycles. The van der Waals surface area contributed by atoms with Crippen molar-refractivity contribution in [1.29, 1.82) is 0 Å². The van der Waals surface area contributed by atoms with Crippen molar-refractivity contribution in [2.75, 3.05) is 4.90 Å². The van der Waals surface area contributed by atoms with E-state index in [0.29, 0.717) is 11.4 Å². The third-order valence-corrected chi connectivity index (χ3v) is 5.91. The molecule has 1 unspecified atom stereocenters. The predicted octanol–water partition coefficient (Wildman–Crippen LogP) is 6.82. The van der Waals surface area contributed by atoms with Crippen LogP contribution in [0.25, 0.3) is 11.1 Å². The van der Waals surface area contributed by atoms with Crippen LogP contribution in [0.4, 0.5) is 24.5 Å². The lowest BCUT2D eigenvalue weighted by Gasteiger charge is -2.25. The van der Waals surface area contributed by atoms with E-state index in [9.17, 15) is 23.1 Å². The van der Waals surface area contributed by atoms with Crippen LogP contribution < -0.4 is 4.90 Å². The Morgan fingerprint density at radius 2 is 1.44 bits per heavy atom. The number of rotatable bonds is 3. The first kappa shape index (κ1) is 21.9. The minimum Gasteiger partial charge on any atom is -0.480 e. The van der Waals surface area contributed by atoms with Crippen LogP contribution in [0.15, 0.2) is 66.7 Å². The van der Waals surface area contributed by atoms with Gasteiger partial charge in [-0.1, -0.05) is 51.1 Å². The zero-order chi connectivity index (χ0) is 23.3. The van der Waals surface area contributed by atoms with E-state index in [-0.39, 0.29) is 11.8 Å². The van der Waals surface area contributed by atoms with E-state index < -0.39 is 23.8 Å². The molecule has 3 nitrogen and oxygen atoms in total. The maximum atomic E-state index is 12.9. The summed E-state index contributed by atoms with van der Waals surface area (Å²) in [6.45, 7) is 6.46. The summed E-state index contributed by atoms with van der Waals surface area (Å²) in [6.07, 6.45) is -4.16. The highest BCUT2D eigenvalue weighted by atomic mass is 19.4. The highest BCUT2D eigenvalue weighted by Crippen LogP contribution is 2.41. The van der Waals surface area contributed by atoms with Crippen LogP contribution in [0.5, 0.6) is 0 Å². The summed E-state index contributed by atoms with van der Waals surface area (Å²) in [6, 6.07) is 17.8. The van der Waals surface area contributed by atoms with Gasteiger partial charge in [-0.2, -0.15) is 13.2 Å². The lowest BCUT2D eigenvalue weighted by molar-refractivity contribution is -0.139. The van der Waals surface area contributed by atoms with E-state index in [1.54, 1.807) is 4.90 Å². The Hall–Kier alpha value is -3.28. The van der Waals surface area contributed by atoms with Crippen molar-refractivity contribution >= 4 is 17.3 Å². The number of nitrogens with zero attached hydrogens (tertiary/aromatic N) is 1. The van der Waals surface area contributed by atoms with Gasteiger partial charge in [0, 0.05) is 17.8 Å². The fourth-order valence-corrected chi connectivity index (χ4v) is 4.12. The van der Waals surface area contributed by atoms with E-state index in [2.05, 4.69) is 45.0 Å². The van der Waals surface area contributed by atoms with Crippen LogP contribution in [0.1, 0.15) is 37.5 Å². The maximum absolute atomic E-state index is 12.9. The van der Waals surface area contributed by atoms with Gasteiger partial charge in [-0.15, -0.1) is 0 Å². The van der Waals surface area contributed by atoms with E-state index in [0.717, 1.165) is 28.8 Å². The quantitative estimate of drug-likeness (QED) is 0.487. The van der Waals surface area contributed by atoms with E-state index >= 15 is 0 Å². The van der Waals surface area contributed by atoms with Crippen molar-refractivity contribution in [1.82, 2.24) is 0 Å². The number of aliphatic carboxylic acids is 1. The van der Waals surface area contributed by atoms with E-state index in [4.69, 9.17) is 0 Å². The molecule has 1 aliphatic rings. The number of alkyl halides is 3. The average Bonchev–Trinajstić information content (AvgIpc) is 3.12. The molecule has 0 amide bonds. The van der Waals surface area contributed by atoms with Crippen LogP contribution in [0.2, 0.25) is 0 Å². The van der Waals surface area contributed by atoms with Gasteiger partial charge in [0.05, 0.1) is 5.56 Å². The minimum absolute atomic E-state index is 0.0489. The van der Waals surface area contributed by atoms with Crippen molar-refractivity contribution < 1.29 is 23.1 Å². The molecule has 0 spiro atoms. The fraction of sp³-hybridized carbons (Fsp3) is 0.269. The molecule has 6 heteroatoms. The second-order valence-electron chi connectivity index (χ2n) is 9.14. The fourth-order valence-electron chi connectivity index (χ4n) is 4.12. The summed E-state index contributed by atoms with van der Waals surface area (Å²) < 4.78 is 38.8. The lowest BCUT2D eigenvalue weighted by atomic mass is 9.86. The maximum Gasteiger partial charge on any atom is 0.416 e. The molecule has 1 N–H and O–H groups in total. The second kappa shape index (κ2) is 7.69. The molecule has 166 valence electrons. The van der Waals surface area contributed by atoms with Crippen LogP contribution >= 0.6 is 0 Å². The third kappa shape index (κ3) is 4.09. The first-order chi connectivity index (χ1) is 14.9. The molecule has 0 aromatic heterocycles. The van der Waals surface area contributed by atoms with Gasteiger partial charge in [0.25, 0.3) is 0 Å². The monoisotopic (exact) mass is 439 g/mol. The van der Waals surface area contributed by atoms with Gasteiger partial charge < -0.3 is 10.0 Å². The molecule has 0 bridgehead atoms. The van der Waals surface area contributed by atoms with E-state index in [1.807, 2.05) is 18.2 Å². The number of halogens is 3. The SMILES string of the molecule is CC(C)(C)c1ccc(-c2ccc3c(c2)CC(C(=O)O)N3c2ccc(C(F)(F)F)cc2)cc1. The number of hydrogen-bond donors (Lipinski definition) is 1. The number of carboxylic acid groups (broad SMARTS) is 1. The normalized spacial score (nSPS) is 16.2. The first-order valence-electron chi connectivity index (χ1n) is 10.4. The highest BCUT2D eigenvalue weighted by molar-refractivity contribution is 5.88. The minimum atomic E-state index is -4.44. The summed E-state index contributed by atoms with van der Waals surface area (Å²) in [5, 5.41) is 9.77. The summed E-state index contributed by atoms with van der Waals surface area (Å²) in [4.78, 5) is 13.5. The number of benzene rings is 3. The molecular weight excluding hydrogens is 415 g/mol. The molecular formula is C26H24F3NO2. The molecule has 32 heavy (non-hydrogen) atoms. The Balaban J connectivity index is 1.70. The molecule has 1 atom stereocenters. The Bertz CT molecular complexity index is 1140. The molecule has 3 aromatic rings.